The molecule has 0 aliphatic carbocycles. The minimum Gasteiger partial charge on any atom is -0.493 e. The van der Waals surface area contributed by atoms with Crippen molar-refractivity contribution in [3.63, 3.8) is 0 Å². The Balaban J connectivity index is 2.66. The van der Waals surface area contributed by atoms with Gasteiger partial charge >= 0.3 is 5.97 Å². The molecular formula is C12H12O6S. The van der Waals surface area contributed by atoms with Crippen LogP contribution in [0.25, 0.3) is 6.08 Å². The Kier molecular flexibility index (Phi) is 3.23. The summed E-state index contributed by atoms with van der Waals surface area (Å²) >= 11 is 0. The van der Waals surface area contributed by atoms with E-state index in [0.29, 0.717) is 11.3 Å². The molecule has 0 unspecified atom stereocenters. The minimum atomic E-state index is -3.86. The van der Waals surface area contributed by atoms with Crippen molar-refractivity contribution in [3.8, 4) is 11.5 Å². The summed E-state index contributed by atoms with van der Waals surface area (Å²) in [6.45, 7) is 0. The predicted octanol–water partition coefficient (Wildman–Crippen LogP) is 1.00. The zero-order valence-corrected chi connectivity index (χ0v) is 11.4. The second kappa shape index (κ2) is 4.58. The fourth-order valence-corrected chi connectivity index (χ4v) is 3.34. The quantitative estimate of drug-likeness (QED) is 0.771. The molecule has 19 heavy (non-hydrogen) atoms. The third kappa shape index (κ3) is 1.95. The molecule has 6 nitrogen and oxygen atoms in total. The summed E-state index contributed by atoms with van der Waals surface area (Å²) in [5.41, 5.74) is 0.373. The molecule has 7 heteroatoms. The maximum absolute atomic E-state index is 12.2. The number of esters is 1. The summed E-state index contributed by atoms with van der Waals surface area (Å²) in [6, 6.07) is 2.83. The van der Waals surface area contributed by atoms with Gasteiger partial charge in [-0.25, -0.2) is 13.2 Å². The normalized spacial score (nSPS) is 15.4. The minimum absolute atomic E-state index is 0.00514. The molecule has 1 aliphatic heterocycles. The fourth-order valence-electron chi connectivity index (χ4n) is 1.83. The first-order valence-electron chi connectivity index (χ1n) is 5.26. The molecule has 0 saturated carbocycles. The zero-order chi connectivity index (χ0) is 14.2. The highest BCUT2D eigenvalue weighted by Crippen LogP contribution is 2.40. The van der Waals surface area contributed by atoms with Gasteiger partial charge in [0, 0.05) is 6.07 Å². The van der Waals surface area contributed by atoms with Crippen LogP contribution in [0.5, 0.6) is 11.5 Å². The molecule has 0 amide bonds. The summed E-state index contributed by atoms with van der Waals surface area (Å²) in [4.78, 5) is 11.1. The van der Waals surface area contributed by atoms with Crippen molar-refractivity contribution in [2.24, 2.45) is 0 Å². The molecule has 1 aliphatic rings. The number of carbonyl (C=O) groups excluding carboxylic acids is 1. The number of methoxy groups -OCH3 is 3. The van der Waals surface area contributed by atoms with E-state index >= 15 is 0 Å². The third-order valence-corrected chi connectivity index (χ3v) is 4.56. The van der Waals surface area contributed by atoms with Gasteiger partial charge in [0.15, 0.2) is 16.4 Å². The average Bonchev–Trinajstić information content (AvgIpc) is 2.67. The Morgan fingerprint density at radius 1 is 1.05 bits per heavy atom. The Morgan fingerprint density at radius 2 is 1.63 bits per heavy atom. The van der Waals surface area contributed by atoms with Crippen molar-refractivity contribution in [1.82, 2.24) is 0 Å². The van der Waals surface area contributed by atoms with Gasteiger partial charge in [-0.05, 0) is 17.7 Å². The number of ether oxygens (including phenoxy) is 3. The number of sulfone groups is 1. The maximum Gasteiger partial charge on any atom is 0.349 e. The van der Waals surface area contributed by atoms with Crippen molar-refractivity contribution < 1.29 is 27.4 Å². The van der Waals surface area contributed by atoms with Gasteiger partial charge in [-0.3, -0.25) is 0 Å². The van der Waals surface area contributed by atoms with E-state index in [9.17, 15) is 13.2 Å². The van der Waals surface area contributed by atoms with Gasteiger partial charge in [0.2, 0.25) is 9.84 Å². The van der Waals surface area contributed by atoms with Crippen LogP contribution in [0.4, 0.5) is 0 Å². The Labute approximate surface area is 110 Å². The van der Waals surface area contributed by atoms with Gasteiger partial charge in [-0.2, -0.15) is 0 Å². The van der Waals surface area contributed by atoms with Gasteiger partial charge in [-0.1, -0.05) is 0 Å². The van der Waals surface area contributed by atoms with Gasteiger partial charge < -0.3 is 14.2 Å². The molecule has 0 fully saturated rings. The predicted molar refractivity (Wildman–Crippen MR) is 66.7 cm³/mol. The molecule has 1 aromatic carbocycles. The van der Waals surface area contributed by atoms with Crippen LogP contribution in [0.2, 0.25) is 0 Å². The lowest BCUT2D eigenvalue weighted by Gasteiger charge is -2.09. The van der Waals surface area contributed by atoms with Gasteiger partial charge in [0.25, 0.3) is 0 Å². The summed E-state index contributed by atoms with van der Waals surface area (Å²) in [7, 11) is 0.110. The molecule has 0 atom stereocenters. The van der Waals surface area contributed by atoms with Crippen LogP contribution in [0.15, 0.2) is 21.9 Å². The second-order valence-corrected chi connectivity index (χ2v) is 5.64. The van der Waals surface area contributed by atoms with Gasteiger partial charge in [-0.15, -0.1) is 0 Å². The first kappa shape index (κ1) is 13.4. The molecule has 2 rings (SSSR count). The van der Waals surface area contributed by atoms with E-state index in [2.05, 4.69) is 4.74 Å². The number of fused-ring (bicyclic) bond motifs is 1. The van der Waals surface area contributed by atoms with Crippen molar-refractivity contribution in [2.75, 3.05) is 21.3 Å². The molecule has 0 aromatic heterocycles. The second-order valence-electron chi connectivity index (χ2n) is 3.75. The summed E-state index contributed by atoms with van der Waals surface area (Å²) < 4.78 is 39.0. The van der Waals surface area contributed by atoms with Crippen LogP contribution in [-0.4, -0.2) is 35.7 Å². The standard InChI is InChI=1S/C12H12O6S/c1-16-8-4-7-5-11(12(13)18-3)19(14,15)10(7)6-9(8)17-2/h4-6H,1-3H3. The van der Waals surface area contributed by atoms with E-state index in [1.165, 1.54) is 32.4 Å². The maximum atomic E-state index is 12.2. The lowest BCUT2D eigenvalue weighted by Crippen LogP contribution is -2.12. The number of benzene rings is 1. The van der Waals surface area contributed by atoms with Crippen molar-refractivity contribution in [2.45, 2.75) is 4.90 Å². The summed E-state index contributed by atoms with van der Waals surface area (Å²) in [5.74, 6) is -0.225. The molecule has 0 bridgehead atoms. The lowest BCUT2D eigenvalue weighted by atomic mass is 10.2. The van der Waals surface area contributed by atoms with Crippen molar-refractivity contribution in [1.29, 1.82) is 0 Å². The smallest absolute Gasteiger partial charge is 0.349 e. The Hall–Kier alpha value is -2.02. The Morgan fingerprint density at radius 3 is 2.16 bits per heavy atom. The highest BCUT2D eigenvalue weighted by molar-refractivity contribution is 7.96. The van der Waals surface area contributed by atoms with Crippen LogP contribution >= 0.6 is 0 Å². The molecule has 102 valence electrons. The van der Waals surface area contributed by atoms with E-state index < -0.39 is 15.8 Å². The highest BCUT2D eigenvalue weighted by Gasteiger charge is 2.36. The first-order chi connectivity index (χ1) is 8.95. The topological polar surface area (TPSA) is 78.9 Å². The van der Waals surface area contributed by atoms with Crippen LogP contribution in [0, 0.1) is 0 Å². The molecule has 1 aromatic rings. The third-order valence-electron chi connectivity index (χ3n) is 2.77. The first-order valence-corrected chi connectivity index (χ1v) is 6.75. The van der Waals surface area contributed by atoms with Crippen LogP contribution in [0.1, 0.15) is 5.56 Å². The molecule has 0 saturated heterocycles. The number of carbonyl (C=O) groups is 1. The van der Waals surface area contributed by atoms with E-state index in [4.69, 9.17) is 9.47 Å². The SMILES string of the molecule is COC(=O)C1=Cc2cc(OC)c(OC)cc2S1(=O)=O. The lowest BCUT2D eigenvalue weighted by molar-refractivity contribution is -0.135. The Bertz CT molecular complexity index is 672. The average molecular weight is 284 g/mol. The van der Waals surface area contributed by atoms with E-state index in [1.807, 2.05) is 0 Å². The molecular weight excluding hydrogens is 272 g/mol. The van der Waals surface area contributed by atoms with E-state index in [1.54, 1.807) is 0 Å². The fraction of sp³-hybridized carbons (Fsp3) is 0.250. The van der Waals surface area contributed by atoms with E-state index in [0.717, 1.165) is 7.11 Å². The summed E-state index contributed by atoms with van der Waals surface area (Å²) in [5, 5.41) is 0. The number of rotatable bonds is 3. The number of hydrogen-bond donors (Lipinski definition) is 0. The zero-order valence-electron chi connectivity index (χ0n) is 10.6. The molecule has 0 N–H and O–H groups in total. The van der Waals surface area contributed by atoms with Crippen molar-refractivity contribution >= 4 is 21.9 Å². The van der Waals surface area contributed by atoms with Crippen LogP contribution in [-0.2, 0) is 19.4 Å². The van der Waals surface area contributed by atoms with Crippen LogP contribution < -0.4 is 9.47 Å². The van der Waals surface area contributed by atoms with Gasteiger partial charge in [0.05, 0.1) is 26.2 Å². The monoisotopic (exact) mass is 284 g/mol. The summed E-state index contributed by atoms with van der Waals surface area (Å²) in [6.07, 6.45) is 1.26. The number of hydrogen-bond acceptors (Lipinski definition) is 6. The van der Waals surface area contributed by atoms with Crippen molar-refractivity contribution in [3.05, 3.63) is 22.6 Å². The molecule has 1 heterocycles. The molecule has 0 radical (unpaired) electrons. The van der Waals surface area contributed by atoms with Crippen LogP contribution in [0.3, 0.4) is 0 Å². The highest BCUT2D eigenvalue weighted by atomic mass is 32.2. The van der Waals surface area contributed by atoms with Gasteiger partial charge in [0.1, 0.15) is 0 Å². The molecule has 0 spiro atoms. The largest absolute Gasteiger partial charge is 0.493 e. The van der Waals surface area contributed by atoms with E-state index in [-0.39, 0.29) is 15.6 Å².